The van der Waals surface area contributed by atoms with Gasteiger partial charge < -0.3 is 13.5 Å². The summed E-state index contributed by atoms with van der Waals surface area (Å²) < 4.78 is 6.00. The number of benzene rings is 1. The Morgan fingerprint density at radius 2 is 2.19 bits per heavy atom. The SMILES string of the molecule is O=C(NC[C@@H](O)CN1CCc2cc(OI)ccc2C1)c1ccnc(I)c1. The van der Waals surface area contributed by atoms with Crippen LogP contribution in [-0.2, 0) is 13.0 Å². The van der Waals surface area contributed by atoms with Gasteiger partial charge >= 0.3 is 0 Å². The lowest BCUT2D eigenvalue weighted by atomic mass is 9.99. The van der Waals surface area contributed by atoms with E-state index in [-0.39, 0.29) is 12.5 Å². The summed E-state index contributed by atoms with van der Waals surface area (Å²) in [5.41, 5.74) is 3.11. The van der Waals surface area contributed by atoms with Crippen LogP contribution in [0.3, 0.4) is 0 Å². The molecular weight excluding hydrogens is 560 g/mol. The molecule has 1 atom stereocenters. The molecule has 0 bridgehead atoms. The van der Waals surface area contributed by atoms with Gasteiger partial charge in [-0.1, -0.05) is 6.07 Å². The number of aliphatic hydroxyl groups is 1. The summed E-state index contributed by atoms with van der Waals surface area (Å²) in [6, 6.07) is 9.50. The van der Waals surface area contributed by atoms with Gasteiger partial charge in [-0.05, 0) is 64.4 Å². The first-order valence-corrected chi connectivity index (χ1v) is 10.2. The fourth-order valence-electron chi connectivity index (χ4n) is 3.01. The van der Waals surface area contributed by atoms with E-state index in [1.807, 2.05) is 29.1 Å². The monoisotopic (exact) mass is 579 g/mol. The number of rotatable bonds is 6. The summed E-state index contributed by atoms with van der Waals surface area (Å²) in [5, 5.41) is 13.1. The Kier molecular flexibility index (Phi) is 7.06. The molecule has 138 valence electrons. The summed E-state index contributed by atoms with van der Waals surface area (Å²) in [7, 11) is 0. The smallest absolute Gasteiger partial charge is 0.251 e. The largest absolute Gasteiger partial charge is 0.428 e. The van der Waals surface area contributed by atoms with E-state index < -0.39 is 6.10 Å². The second kappa shape index (κ2) is 9.29. The zero-order valence-electron chi connectivity index (χ0n) is 14.0. The van der Waals surface area contributed by atoms with Crippen LogP contribution in [0.25, 0.3) is 0 Å². The quantitative estimate of drug-likeness (QED) is 0.407. The fourth-order valence-corrected chi connectivity index (χ4v) is 3.78. The number of nitrogens with zero attached hydrogens (tertiary/aromatic N) is 2. The highest BCUT2D eigenvalue weighted by molar-refractivity contribution is 14.1. The fraction of sp³-hybridized carbons (Fsp3) is 0.333. The molecule has 2 aromatic rings. The van der Waals surface area contributed by atoms with Gasteiger partial charge in [-0.25, -0.2) is 0 Å². The first-order valence-electron chi connectivity index (χ1n) is 8.25. The Bertz CT molecular complexity index is 788. The van der Waals surface area contributed by atoms with E-state index in [1.54, 1.807) is 18.3 Å². The van der Waals surface area contributed by atoms with E-state index in [0.29, 0.717) is 12.1 Å². The van der Waals surface area contributed by atoms with Crippen LogP contribution in [-0.4, -0.2) is 46.6 Å². The van der Waals surface area contributed by atoms with Crippen LogP contribution >= 0.6 is 45.6 Å². The maximum atomic E-state index is 12.1. The van der Waals surface area contributed by atoms with E-state index in [0.717, 1.165) is 29.0 Å². The van der Waals surface area contributed by atoms with Crippen molar-refractivity contribution in [3.63, 3.8) is 0 Å². The van der Waals surface area contributed by atoms with E-state index in [1.165, 1.54) is 11.1 Å². The van der Waals surface area contributed by atoms with Crippen LogP contribution in [0.2, 0.25) is 0 Å². The van der Waals surface area contributed by atoms with Gasteiger partial charge in [0, 0.05) is 37.9 Å². The Labute approximate surface area is 180 Å². The highest BCUT2D eigenvalue weighted by Gasteiger charge is 2.19. The number of pyridine rings is 1. The van der Waals surface area contributed by atoms with Crippen LogP contribution in [0.5, 0.6) is 5.75 Å². The van der Waals surface area contributed by atoms with E-state index >= 15 is 0 Å². The van der Waals surface area contributed by atoms with Crippen molar-refractivity contribution >= 4 is 51.5 Å². The van der Waals surface area contributed by atoms with Crippen molar-refractivity contribution in [2.75, 3.05) is 19.6 Å². The number of halogens is 2. The maximum absolute atomic E-state index is 12.1. The van der Waals surface area contributed by atoms with Gasteiger partial charge in [0.15, 0.2) is 23.0 Å². The molecule has 0 saturated carbocycles. The van der Waals surface area contributed by atoms with Crippen LogP contribution in [0.4, 0.5) is 0 Å². The van der Waals surface area contributed by atoms with Gasteiger partial charge in [0.1, 0.15) is 9.45 Å². The molecule has 0 fully saturated rings. The van der Waals surface area contributed by atoms with Crippen LogP contribution in [0.1, 0.15) is 21.5 Å². The molecule has 2 heterocycles. The first-order chi connectivity index (χ1) is 12.5. The second-order valence-corrected chi connectivity index (χ2v) is 7.77. The van der Waals surface area contributed by atoms with Crippen molar-refractivity contribution in [3.05, 3.63) is 56.9 Å². The highest BCUT2D eigenvalue weighted by atomic mass is 127. The topological polar surface area (TPSA) is 74.7 Å². The molecule has 1 aliphatic rings. The number of amides is 1. The summed E-state index contributed by atoms with van der Waals surface area (Å²) in [4.78, 5) is 18.4. The molecule has 1 aromatic heterocycles. The number of aromatic nitrogens is 1. The zero-order valence-corrected chi connectivity index (χ0v) is 18.3. The zero-order chi connectivity index (χ0) is 18.5. The Hall–Kier alpha value is -0.980. The van der Waals surface area contributed by atoms with Gasteiger partial charge in [-0.3, -0.25) is 14.7 Å². The maximum Gasteiger partial charge on any atom is 0.251 e. The molecular formula is C18H19I2N3O3. The van der Waals surface area contributed by atoms with Gasteiger partial charge in [0.25, 0.3) is 5.91 Å². The molecule has 26 heavy (non-hydrogen) atoms. The lowest BCUT2D eigenvalue weighted by Gasteiger charge is -2.30. The van der Waals surface area contributed by atoms with Gasteiger partial charge in [-0.15, -0.1) is 0 Å². The van der Waals surface area contributed by atoms with Crippen LogP contribution in [0, 0.1) is 3.70 Å². The Morgan fingerprint density at radius 1 is 1.35 bits per heavy atom. The van der Waals surface area contributed by atoms with E-state index in [9.17, 15) is 9.90 Å². The number of hydrogen-bond donors (Lipinski definition) is 2. The Morgan fingerprint density at radius 3 is 2.96 bits per heavy atom. The van der Waals surface area contributed by atoms with Crippen LogP contribution in [0.15, 0.2) is 36.5 Å². The number of hydrogen-bond acceptors (Lipinski definition) is 5. The minimum atomic E-state index is -0.613. The standard InChI is InChI=1S/C18H19I2N3O3/c19-17-8-13(3-5-21-17)18(25)22-9-15(24)11-23-6-4-12-7-16(26-20)2-1-14(12)10-23/h1-3,5,7-8,15,24H,4,6,9-11H2,(H,22,25)/t15-/m1/s1. The van der Waals surface area contributed by atoms with Gasteiger partial charge in [0.2, 0.25) is 0 Å². The molecule has 1 amide bonds. The number of carbonyl (C=O) groups excluding carboxylic acids is 1. The average Bonchev–Trinajstić information content (AvgIpc) is 2.65. The van der Waals surface area contributed by atoms with E-state index in [2.05, 4.69) is 49.9 Å². The van der Waals surface area contributed by atoms with Crippen molar-refractivity contribution < 1.29 is 13.0 Å². The number of nitrogens with one attached hydrogen (secondary N) is 1. The molecule has 1 aliphatic heterocycles. The average molecular weight is 579 g/mol. The minimum Gasteiger partial charge on any atom is -0.428 e. The molecule has 3 rings (SSSR count). The van der Waals surface area contributed by atoms with Gasteiger partial charge in [0.05, 0.1) is 6.10 Å². The second-order valence-electron chi connectivity index (χ2n) is 6.22. The molecule has 8 heteroatoms. The third-order valence-electron chi connectivity index (χ3n) is 4.31. The molecule has 0 aliphatic carbocycles. The molecule has 6 nitrogen and oxygen atoms in total. The molecule has 1 aromatic carbocycles. The summed E-state index contributed by atoms with van der Waals surface area (Å²) in [6.45, 7) is 2.43. The summed E-state index contributed by atoms with van der Waals surface area (Å²) in [6.07, 6.45) is 1.92. The molecule has 0 saturated heterocycles. The van der Waals surface area contributed by atoms with Crippen molar-refractivity contribution in [1.29, 1.82) is 0 Å². The number of β-amino-alcohol motifs (C(OH)–C–C–N with tert-alkyl or cyclic N) is 1. The summed E-state index contributed by atoms with van der Waals surface area (Å²) >= 11 is 3.95. The number of aliphatic hydroxyl groups excluding tert-OH is 1. The molecule has 0 unspecified atom stereocenters. The molecule has 0 radical (unpaired) electrons. The van der Waals surface area contributed by atoms with Crippen molar-refractivity contribution in [2.45, 2.75) is 19.1 Å². The Balaban J connectivity index is 1.49. The minimum absolute atomic E-state index is 0.195. The number of fused-ring (bicyclic) bond motifs is 1. The van der Waals surface area contributed by atoms with E-state index in [4.69, 9.17) is 3.07 Å². The lowest BCUT2D eigenvalue weighted by Crippen LogP contribution is -2.42. The first kappa shape index (κ1) is 19.8. The molecule has 0 spiro atoms. The third kappa shape index (κ3) is 5.27. The third-order valence-corrected chi connectivity index (χ3v) is 5.41. The van der Waals surface area contributed by atoms with Crippen molar-refractivity contribution in [2.24, 2.45) is 0 Å². The molecule has 2 N–H and O–H groups in total. The van der Waals surface area contributed by atoms with Crippen molar-refractivity contribution in [1.82, 2.24) is 15.2 Å². The normalized spacial score (nSPS) is 15.2. The van der Waals surface area contributed by atoms with Gasteiger partial charge in [-0.2, -0.15) is 0 Å². The number of carbonyl (C=O) groups is 1. The highest BCUT2D eigenvalue weighted by Crippen LogP contribution is 2.24. The predicted molar refractivity (Wildman–Crippen MR) is 115 cm³/mol. The predicted octanol–water partition coefficient (Wildman–Crippen LogP) is 2.56. The lowest BCUT2D eigenvalue weighted by molar-refractivity contribution is 0.0841. The van der Waals surface area contributed by atoms with Crippen molar-refractivity contribution in [3.8, 4) is 5.75 Å². The summed E-state index contributed by atoms with van der Waals surface area (Å²) in [5.74, 6) is 0.672. The van der Waals surface area contributed by atoms with Crippen LogP contribution < -0.4 is 8.38 Å².